The molecule has 0 saturated carbocycles. The molecule has 0 N–H and O–H groups in total. The number of benzene rings is 1. The van der Waals surface area contributed by atoms with E-state index in [1.54, 1.807) is 12.1 Å². The van der Waals surface area contributed by atoms with Crippen LogP contribution in [0.4, 0.5) is 0 Å². The molecular weight excluding hydrogens is 267 g/mol. The van der Waals surface area contributed by atoms with E-state index in [0.29, 0.717) is 29.4 Å². The Morgan fingerprint density at radius 3 is 3.00 bits per heavy atom. The highest BCUT2D eigenvalue weighted by Gasteiger charge is 2.21. The summed E-state index contributed by atoms with van der Waals surface area (Å²) in [5.74, 6) is 0.607. The summed E-state index contributed by atoms with van der Waals surface area (Å²) in [6.07, 6.45) is 1.27. The molecule has 1 aliphatic rings. The number of ketones is 1. The molecule has 0 unspecified atom stereocenters. The third-order valence-electron chi connectivity index (χ3n) is 2.13. The van der Waals surface area contributed by atoms with E-state index in [4.69, 9.17) is 16.3 Å². The quantitative estimate of drug-likeness (QED) is 0.725. The van der Waals surface area contributed by atoms with Crippen molar-refractivity contribution in [3.05, 3.63) is 27.2 Å². The number of carbonyl (C=O) groups is 1. The molecule has 0 radical (unpaired) electrons. The predicted octanol–water partition coefficient (Wildman–Crippen LogP) is 3.46. The SMILES string of the molecule is O=C1CCCOc2c(Cl)ccc(Br)c21. The predicted molar refractivity (Wildman–Crippen MR) is 58.2 cm³/mol. The van der Waals surface area contributed by atoms with Gasteiger partial charge in [-0.25, -0.2) is 0 Å². The molecule has 1 aliphatic heterocycles. The van der Waals surface area contributed by atoms with Crippen molar-refractivity contribution in [2.24, 2.45) is 0 Å². The van der Waals surface area contributed by atoms with Crippen LogP contribution >= 0.6 is 27.5 Å². The van der Waals surface area contributed by atoms with E-state index in [-0.39, 0.29) is 5.78 Å². The first kappa shape index (κ1) is 9.99. The van der Waals surface area contributed by atoms with E-state index >= 15 is 0 Å². The number of ether oxygens (including phenoxy) is 1. The molecule has 0 saturated heterocycles. The molecule has 1 heterocycles. The van der Waals surface area contributed by atoms with Crippen molar-refractivity contribution in [3.63, 3.8) is 0 Å². The molecule has 0 fully saturated rings. The van der Waals surface area contributed by atoms with Gasteiger partial charge >= 0.3 is 0 Å². The Kier molecular flexibility index (Phi) is 2.79. The lowest BCUT2D eigenvalue weighted by molar-refractivity contribution is 0.0982. The lowest BCUT2D eigenvalue weighted by Gasteiger charge is -2.09. The van der Waals surface area contributed by atoms with E-state index in [1.165, 1.54) is 0 Å². The molecule has 0 amide bonds. The van der Waals surface area contributed by atoms with Gasteiger partial charge in [0.25, 0.3) is 0 Å². The van der Waals surface area contributed by atoms with Gasteiger partial charge in [0.1, 0.15) is 5.75 Å². The molecule has 0 aromatic heterocycles. The maximum Gasteiger partial charge on any atom is 0.167 e. The van der Waals surface area contributed by atoms with Gasteiger partial charge in [0.15, 0.2) is 5.78 Å². The second-order valence-corrected chi connectivity index (χ2v) is 4.37. The Morgan fingerprint density at radius 1 is 1.43 bits per heavy atom. The van der Waals surface area contributed by atoms with E-state index < -0.39 is 0 Å². The molecule has 0 bridgehead atoms. The van der Waals surface area contributed by atoms with E-state index in [2.05, 4.69) is 15.9 Å². The Hall–Kier alpha value is -0.540. The summed E-state index contributed by atoms with van der Waals surface area (Å²) in [7, 11) is 0. The van der Waals surface area contributed by atoms with Gasteiger partial charge in [-0.1, -0.05) is 11.6 Å². The monoisotopic (exact) mass is 274 g/mol. The molecular formula is C10H8BrClO2. The number of halogens is 2. The molecule has 1 aromatic rings. The molecule has 0 atom stereocenters. The van der Waals surface area contributed by atoms with Gasteiger partial charge in [-0.2, -0.15) is 0 Å². The minimum atomic E-state index is 0.0897. The summed E-state index contributed by atoms with van der Waals surface area (Å²) in [6.45, 7) is 0.551. The minimum Gasteiger partial charge on any atom is -0.491 e. The minimum absolute atomic E-state index is 0.0897. The van der Waals surface area contributed by atoms with Crippen molar-refractivity contribution in [1.29, 1.82) is 0 Å². The number of fused-ring (bicyclic) bond motifs is 1. The molecule has 2 nitrogen and oxygen atoms in total. The lowest BCUT2D eigenvalue weighted by atomic mass is 10.1. The summed E-state index contributed by atoms with van der Waals surface area (Å²) in [5, 5.41) is 0.499. The molecule has 74 valence electrons. The third-order valence-corrected chi connectivity index (χ3v) is 3.09. The van der Waals surface area contributed by atoms with Crippen molar-refractivity contribution in [3.8, 4) is 5.75 Å². The Morgan fingerprint density at radius 2 is 2.21 bits per heavy atom. The van der Waals surface area contributed by atoms with E-state index in [9.17, 15) is 4.79 Å². The molecule has 14 heavy (non-hydrogen) atoms. The summed E-state index contributed by atoms with van der Waals surface area (Å²) in [6, 6.07) is 3.50. The van der Waals surface area contributed by atoms with Crippen LogP contribution in [0.2, 0.25) is 5.02 Å². The molecule has 0 aliphatic carbocycles. The van der Waals surface area contributed by atoms with E-state index in [1.807, 2.05) is 0 Å². The van der Waals surface area contributed by atoms with Gasteiger partial charge < -0.3 is 4.74 Å². The van der Waals surface area contributed by atoms with Crippen molar-refractivity contribution >= 4 is 33.3 Å². The fourth-order valence-electron chi connectivity index (χ4n) is 1.47. The number of rotatable bonds is 0. The first-order valence-electron chi connectivity index (χ1n) is 4.34. The summed E-state index contributed by atoms with van der Waals surface area (Å²) >= 11 is 9.29. The molecule has 1 aromatic carbocycles. The summed E-state index contributed by atoms with van der Waals surface area (Å²) in [4.78, 5) is 11.7. The second kappa shape index (κ2) is 3.91. The topological polar surface area (TPSA) is 26.3 Å². The van der Waals surface area contributed by atoms with Gasteiger partial charge in [0.2, 0.25) is 0 Å². The van der Waals surface area contributed by atoms with Crippen LogP contribution in [0.15, 0.2) is 16.6 Å². The van der Waals surface area contributed by atoms with Crippen LogP contribution < -0.4 is 4.74 Å². The fourth-order valence-corrected chi connectivity index (χ4v) is 2.21. The smallest absolute Gasteiger partial charge is 0.167 e. The maximum absolute atomic E-state index is 11.7. The first-order chi connectivity index (χ1) is 6.70. The largest absolute Gasteiger partial charge is 0.491 e. The zero-order valence-corrected chi connectivity index (χ0v) is 9.69. The van der Waals surface area contributed by atoms with Crippen molar-refractivity contribution in [2.45, 2.75) is 12.8 Å². The number of Topliss-reactive ketones (excluding diaryl/α,β-unsaturated/α-hetero) is 1. The highest BCUT2D eigenvalue weighted by atomic mass is 79.9. The van der Waals surface area contributed by atoms with E-state index in [0.717, 1.165) is 10.9 Å². The third kappa shape index (κ3) is 1.66. The summed E-state index contributed by atoms with van der Waals surface area (Å²) < 4.78 is 6.20. The molecule has 4 heteroatoms. The van der Waals surface area contributed by atoms with Crippen LogP contribution in [-0.2, 0) is 0 Å². The standard InChI is InChI=1S/C10H8BrClO2/c11-6-3-4-7(12)10-9(6)8(13)2-1-5-14-10/h3-4H,1-2,5H2. The Labute approximate surface area is 95.3 Å². The first-order valence-corrected chi connectivity index (χ1v) is 5.51. The Balaban J connectivity index is 2.62. The van der Waals surface area contributed by atoms with Gasteiger partial charge in [-0.3, -0.25) is 4.79 Å². The van der Waals surface area contributed by atoms with Crippen molar-refractivity contribution < 1.29 is 9.53 Å². The van der Waals surface area contributed by atoms with Crippen LogP contribution in [-0.4, -0.2) is 12.4 Å². The number of hydrogen-bond acceptors (Lipinski definition) is 2. The van der Waals surface area contributed by atoms with Gasteiger partial charge in [-0.15, -0.1) is 0 Å². The lowest BCUT2D eigenvalue weighted by Crippen LogP contribution is -1.99. The van der Waals surface area contributed by atoms with Crippen LogP contribution in [0, 0.1) is 0 Å². The molecule has 0 spiro atoms. The second-order valence-electron chi connectivity index (χ2n) is 3.11. The van der Waals surface area contributed by atoms with Gasteiger partial charge in [0, 0.05) is 10.9 Å². The zero-order chi connectivity index (χ0) is 10.1. The Bertz CT molecular complexity index is 390. The van der Waals surface area contributed by atoms with Crippen molar-refractivity contribution in [1.82, 2.24) is 0 Å². The zero-order valence-electron chi connectivity index (χ0n) is 7.35. The normalized spacial score (nSPS) is 15.7. The fraction of sp³-hybridized carbons (Fsp3) is 0.300. The number of carbonyl (C=O) groups excluding carboxylic acids is 1. The average molecular weight is 276 g/mol. The highest BCUT2D eigenvalue weighted by molar-refractivity contribution is 9.10. The maximum atomic E-state index is 11.7. The van der Waals surface area contributed by atoms with Crippen molar-refractivity contribution in [2.75, 3.05) is 6.61 Å². The van der Waals surface area contributed by atoms with Gasteiger partial charge in [-0.05, 0) is 34.5 Å². The van der Waals surface area contributed by atoms with Crippen LogP contribution in [0.1, 0.15) is 23.2 Å². The van der Waals surface area contributed by atoms with Crippen LogP contribution in [0.5, 0.6) is 5.75 Å². The highest BCUT2D eigenvalue weighted by Crippen LogP contribution is 2.36. The number of hydrogen-bond donors (Lipinski definition) is 0. The summed E-state index contributed by atoms with van der Waals surface area (Å²) in [5.41, 5.74) is 0.579. The van der Waals surface area contributed by atoms with Gasteiger partial charge in [0.05, 0.1) is 17.2 Å². The van der Waals surface area contributed by atoms with Crippen LogP contribution in [0.3, 0.4) is 0 Å². The molecule has 2 rings (SSSR count). The van der Waals surface area contributed by atoms with Crippen LogP contribution in [0.25, 0.3) is 0 Å². The average Bonchev–Trinajstić information content (AvgIpc) is 2.35.